The predicted molar refractivity (Wildman–Crippen MR) is 111 cm³/mol. The molecule has 3 aromatic rings. The lowest BCUT2D eigenvalue weighted by atomic mass is 10.1. The molecular formula is C21H22N4O2S. The van der Waals surface area contributed by atoms with Crippen molar-refractivity contribution in [1.29, 1.82) is 0 Å². The third-order valence-electron chi connectivity index (χ3n) is 3.94. The Morgan fingerprint density at radius 3 is 2.61 bits per heavy atom. The fraction of sp³-hybridized carbons (Fsp3) is 0.238. The van der Waals surface area contributed by atoms with E-state index >= 15 is 0 Å². The van der Waals surface area contributed by atoms with Crippen molar-refractivity contribution in [2.45, 2.75) is 13.8 Å². The van der Waals surface area contributed by atoms with Crippen LogP contribution in [0.15, 0.2) is 60.2 Å². The van der Waals surface area contributed by atoms with E-state index < -0.39 is 0 Å². The zero-order chi connectivity index (χ0) is 19.9. The zero-order valence-electron chi connectivity index (χ0n) is 15.8. The van der Waals surface area contributed by atoms with E-state index in [1.165, 1.54) is 17.5 Å². The molecule has 0 saturated carbocycles. The summed E-state index contributed by atoms with van der Waals surface area (Å²) in [5, 5.41) is 5.22. The van der Waals surface area contributed by atoms with Crippen LogP contribution in [0, 0.1) is 5.92 Å². The fourth-order valence-corrected chi connectivity index (χ4v) is 3.47. The van der Waals surface area contributed by atoms with Crippen LogP contribution in [0.2, 0.25) is 0 Å². The van der Waals surface area contributed by atoms with Crippen LogP contribution in [-0.2, 0) is 4.79 Å². The van der Waals surface area contributed by atoms with Crippen molar-refractivity contribution in [2.75, 3.05) is 18.4 Å². The molecule has 1 aromatic carbocycles. The molecule has 0 fully saturated rings. The van der Waals surface area contributed by atoms with Gasteiger partial charge in [0.15, 0.2) is 5.13 Å². The number of carbonyl (C=O) groups excluding carboxylic acids is 2. The summed E-state index contributed by atoms with van der Waals surface area (Å²) >= 11 is 1.36. The number of hydrogen-bond acceptors (Lipinski definition) is 5. The quantitative estimate of drug-likeness (QED) is 0.659. The van der Waals surface area contributed by atoms with Crippen LogP contribution in [-0.4, -0.2) is 39.8 Å². The summed E-state index contributed by atoms with van der Waals surface area (Å²) in [7, 11) is 0. The summed E-state index contributed by atoms with van der Waals surface area (Å²) in [4.78, 5) is 35.3. The smallest absolute Gasteiger partial charge is 0.255 e. The van der Waals surface area contributed by atoms with Crippen LogP contribution in [0.3, 0.4) is 0 Å². The molecule has 2 heterocycles. The minimum absolute atomic E-state index is 0.0356. The van der Waals surface area contributed by atoms with Gasteiger partial charge in [0, 0.05) is 29.9 Å². The van der Waals surface area contributed by atoms with Gasteiger partial charge in [-0.15, -0.1) is 11.3 Å². The van der Waals surface area contributed by atoms with Crippen molar-refractivity contribution in [3.8, 4) is 11.3 Å². The molecule has 0 unspecified atom stereocenters. The van der Waals surface area contributed by atoms with Gasteiger partial charge in [-0.1, -0.05) is 44.2 Å². The number of thiazole rings is 1. The summed E-state index contributed by atoms with van der Waals surface area (Å²) in [5.41, 5.74) is 2.27. The molecule has 2 amide bonds. The van der Waals surface area contributed by atoms with Crippen LogP contribution < -0.4 is 5.32 Å². The summed E-state index contributed by atoms with van der Waals surface area (Å²) in [6.07, 6.45) is 3.13. The molecule has 0 atom stereocenters. The van der Waals surface area contributed by atoms with Crippen molar-refractivity contribution in [2.24, 2.45) is 5.92 Å². The van der Waals surface area contributed by atoms with E-state index in [0.29, 0.717) is 17.2 Å². The molecular weight excluding hydrogens is 372 g/mol. The van der Waals surface area contributed by atoms with Gasteiger partial charge in [0.1, 0.15) is 6.54 Å². The molecule has 0 aliphatic heterocycles. The SMILES string of the molecule is CC(C)CN(CC(=O)Nc1nc(-c2ccccc2)cs1)C(=O)c1cccnc1. The van der Waals surface area contributed by atoms with E-state index in [2.05, 4.69) is 15.3 Å². The van der Waals surface area contributed by atoms with Gasteiger partial charge in [0.25, 0.3) is 5.91 Å². The van der Waals surface area contributed by atoms with Crippen LogP contribution in [0.4, 0.5) is 5.13 Å². The Kier molecular flexibility index (Phi) is 6.49. The van der Waals surface area contributed by atoms with E-state index in [4.69, 9.17) is 0 Å². The maximum absolute atomic E-state index is 12.8. The van der Waals surface area contributed by atoms with Gasteiger partial charge >= 0.3 is 0 Å². The highest BCUT2D eigenvalue weighted by Gasteiger charge is 2.20. The Labute approximate surface area is 168 Å². The summed E-state index contributed by atoms with van der Waals surface area (Å²) in [5.74, 6) is -0.245. The van der Waals surface area contributed by atoms with Crippen molar-refractivity contribution in [3.63, 3.8) is 0 Å². The van der Waals surface area contributed by atoms with E-state index in [1.807, 2.05) is 49.6 Å². The number of hydrogen-bond donors (Lipinski definition) is 1. The van der Waals surface area contributed by atoms with E-state index in [1.54, 1.807) is 23.2 Å². The Morgan fingerprint density at radius 1 is 1.14 bits per heavy atom. The molecule has 28 heavy (non-hydrogen) atoms. The average Bonchev–Trinajstić information content (AvgIpc) is 3.16. The first kappa shape index (κ1) is 19.7. The lowest BCUT2D eigenvalue weighted by Gasteiger charge is -2.23. The number of carbonyl (C=O) groups is 2. The van der Waals surface area contributed by atoms with Crippen LogP contribution in [0.25, 0.3) is 11.3 Å². The van der Waals surface area contributed by atoms with Gasteiger partial charge in [-0.25, -0.2) is 4.98 Å². The molecule has 0 bridgehead atoms. The zero-order valence-corrected chi connectivity index (χ0v) is 16.6. The van der Waals surface area contributed by atoms with Crippen LogP contribution >= 0.6 is 11.3 Å². The molecule has 0 aliphatic rings. The van der Waals surface area contributed by atoms with Gasteiger partial charge in [-0.2, -0.15) is 0 Å². The number of pyridine rings is 1. The monoisotopic (exact) mass is 394 g/mol. The maximum atomic E-state index is 12.8. The Bertz CT molecular complexity index is 926. The lowest BCUT2D eigenvalue weighted by molar-refractivity contribution is -0.117. The van der Waals surface area contributed by atoms with Crippen LogP contribution in [0.1, 0.15) is 24.2 Å². The molecule has 0 saturated heterocycles. The Balaban J connectivity index is 1.67. The van der Waals surface area contributed by atoms with E-state index in [9.17, 15) is 9.59 Å². The van der Waals surface area contributed by atoms with E-state index in [0.717, 1.165) is 11.3 Å². The molecule has 3 rings (SSSR count). The third kappa shape index (κ3) is 5.23. The summed E-state index contributed by atoms with van der Waals surface area (Å²) < 4.78 is 0. The number of amides is 2. The number of nitrogens with zero attached hydrogens (tertiary/aromatic N) is 3. The van der Waals surface area contributed by atoms with Crippen molar-refractivity contribution in [1.82, 2.24) is 14.9 Å². The molecule has 2 aromatic heterocycles. The molecule has 0 spiro atoms. The molecule has 144 valence electrons. The number of rotatable bonds is 7. The number of anilines is 1. The predicted octanol–water partition coefficient (Wildman–Crippen LogP) is 3.94. The normalized spacial score (nSPS) is 10.7. The largest absolute Gasteiger partial charge is 0.329 e. The third-order valence-corrected chi connectivity index (χ3v) is 4.69. The average molecular weight is 395 g/mol. The summed E-state index contributed by atoms with van der Waals surface area (Å²) in [6, 6.07) is 13.2. The highest BCUT2D eigenvalue weighted by molar-refractivity contribution is 7.14. The standard InChI is InChI=1S/C21H22N4O2S/c1-15(2)12-25(20(27)17-9-6-10-22-11-17)13-19(26)24-21-23-18(14-28-21)16-7-4-3-5-8-16/h3-11,14-15H,12-13H2,1-2H3,(H,23,24,26). The minimum atomic E-state index is -0.271. The fourth-order valence-electron chi connectivity index (χ4n) is 2.74. The molecule has 6 nitrogen and oxygen atoms in total. The van der Waals surface area contributed by atoms with Crippen LogP contribution in [0.5, 0.6) is 0 Å². The highest BCUT2D eigenvalue weighted by atomic mass is 32.1. The first-order valence-corrected chi connectivity index (χ1v) is 9.91. The van der Waals surface area contributed by atoms with Gasteiger partial charge in [0.2, 0.25) is 5.91 Å². The highest BCUT2D eigenvalue weighted by Crippen LogP contribution is 2.24. The second-order valence-corrected chi connectivity index (χ2v) is 7.63. The number of benzene rings is 1. The molecule has 7 heteroatoms. The first-order chi connectivity index (χ1) is 13.5. The molecule has 1 N–H and O–H groups in total. The van der Waals surface area contributed by atoms with Gasteiger partial charge in [0.05, 0.1) is 11.3 Å². The van der Waals surface area contributed by atoms with Crippen molar-refractivity contribution >= 4 is 28.3 Å². The van der Waals surface area contributed by atoms with Gasteiger partial charge in [-0.3, -0.25) is 14.6 Å². The second kappa shape index (κ2) is 9.23. The topological polar surface area (TPSA) is 75.2 Å². The number of aromatic nitrogens is 2. The Hall–Kier alpha value is -3.06. The van der Waals surface area contributed by atoms with Gasteiger partial charge < -0.3 is 10.2 Å². The Morgan fingerprint density at radius 2 is 1.93 bits per heavy atom. The van der Waals surface area contributed by atoms with E-state index in [-0.39, 0.29) is 24.3 Å². The minimum Gasteiger partial charge on any atom is -0.329 e. The lowest BCUT2D eigenvalue weighted by Crippen LogP contribution is -2.40. The summed E-state index contributed by atoms with van der Waals surface area (Å²) in [6.45, 7) is 4.46. The molecule has 0 radical (unpaired) electrons. The van der Waals surface area contributed by atoms with Crippen molar-refractivity contribution in [3.05, 3.63) is 65.8 Å². The first-order valence-electron chi connectivity index (χ1n) is 9.03. The molecule has 0 aliphatic carbocycles. The van der Waals surface area contributed by atoms with Gasteiger partial charge in [-0.05, 0) is 18.1 Å². The number of nitrogens with one attached hydrogen (secondary N) is 1. The second-order valence-electron chi connectivity index (χ2n) is 6.77. The van der Waals surface area contributed by atoms with Crippen molar-refractivity contribution < 1.29 is 9.59 Å². The maximum Gasteiger partial charge on any atom is 0.255 e.